The van der Waals surface area contributed by atoms with E-state index in [0.29, 0.717) is 25.8 Å². The number of benzene rings is 1. The van der Waals surface area contributed by atoms with E-state index in [2.05, 4.69) is 13.8 Å². The Kier molecular flexibility index (Phi) is 4.39. The Morgan fingerprint density at radius 1 is 1.09 bits per heavy atom. The van der Waals surface area contributed by atoms with Gasteiger partial charge in [-0.1, -0.05) is 44.2 Å². The van der Waals surface area contributed by atoms with Crippen LogP contribution in [0.4, 0.5) is 0 Å². The van der Waals surface area contributed by atoms with Crippen LogP contribution in [0.15, 0.2) is 30.3 Å². The number of rotatable bonds is 2. The van der Waals surface area contributed by atoms with Gasteiger partial charge in [0.15, 0.2) is 0 Å². The highest BCUT2D eigenvalue weighted by Crippen LogP contribution is 2.40. The number of hydrogen-bond acceptors (Lipinski definition) is 4. The van der Waals surface area contributed by atoms with Crippen molar-refractivity contribution in [2.45, 2.75) is 51.5 Å². The number of ketones is 2. The minimum Gasteiger partial charge on any atom is -0.314 e. The van der Waals surface area contributed by atoms with Gasteiger partial charge in [-0.25, -0.2) is 0 Å². The summed E-state index contributed by atoms with van der Waals surface area (Å²) in [5.74, 6) is -0.718. The third-order valence-corrected chi connectivity index (χ3v) is 5.41. The van der Waals surface area contributed by atoms with Crippen LogP contribution in [0.1, 0.15) is 51.0 Å². The Hall–Kier alpha value is -1.52. The quantitative estimate of drug-likeness (QED) is 0.852. The molecule has 2 fully saturated rings. The summed E-state index contributed by atoms with van der Waals surface area (Å²) in [6.45, 7) is 4.80. The maximum atomic E-state index is 12.7. The zero-order valence-corrected chi connectivity index (χ0v) is 13.9. The van der Waals surface area contributed by atoms with Crippen LogP contribution in [0.3, 0.4) is 0 Å². The van der Waals surface area contributed by atoms with E-state index >= 15 is 0 Å². The summed E-state index contributed by atoms with van der Waals surface area (Å²) in [6, 6.07) is 9.41. The summed E-state index contributed by atoms with van der Waals surface area (Å²) in [5.41, 5.74) is 1.11. The second-order valence-electron chi connectivity index (χ2n) is 7.77. The monoisotopic (exact) mass is 315 g/mol. The van der Waals surface area contributed by atoms with Crippen molar-refractivity contribution in [2.75, 3.05) is 6.54 Å². The normalized spacial score (nSPS) is 32.0. The third-order valence-electron chi connectivity index (χ3n) is 5.41. The van der Waals surface area contributed by atoms with Crippen LogP contribution >= 0.6 is 0 Å². The van der Waals surface area contributed by atoms with Gasteiger partial charge in [0.05, 0.1) is 12.0 Å². The minimum atomic E-state index is -0.667. The number of carbonyl (C=O) groups excluding carboxylic acids is 2. The van der Waals surface area contributed by atoms with Crippen LogP contribution in [-0.2, 0) is 9.59 Å². The summed E-state index contributed by atoms with van der Waals surface area (Å²) < 4.78 is 0. The molecule has 4 nitrogen and oxygen atoms in total. The van der Waals surface area contributed by atoms with Gasteiger partial charge in [-0.3, -0.25) is 9.59 Å². The summed E-state index contributed by atoms with van der Waals surface area (Å²) in [6.07, 6.45) is 2.35. The average Bonchev–Trinajstić information content (AvgIpc) is 2.51. The fourth-order valence-corrected chi connectivity index (χ4v) is 4.03. The molecule has 1 aliphatic carbocycles. The molecule has 4 heteroatoms. The molecule has 124 valence electrons. The van der Waals surface area contributed by atoms with Crippen LogP contribution in [0.25, 0.3) is 0 Å². The van der Waals surface area contributed by atoms with Crippen molar-refractivity contribution in [1.29, 1.82) is 0 Å². The molecule has 1 heterocycles. The van der Waals surface area contributed by atoms with Crippen LogP contribution in [-0.4, -0.2) is 34.4 Å². The molecule has 1 N–H and O–H groups in total. The van der Waals surface area contributed by atoms with Crippen molar-refractivity contribution >= 4 is 11.6 Å². The Morgan fingerprint density at radius 3 is 2.30 bits per heavy atom. The SMILES string of the molecule is CC1(C)CCN(O)C(C2C(=O)CC(c3ccccc3)CC2=O)C1. The predicted molar refractivity (Wildman–Crippen MR) is 87.2 cm³/mol. The molecular weight excluding hydrogens is 290 g/mol. The largest absolute Gasteiger partial charge is 0.314 e. The van der Waals surface area contributed by atoms with Gasteiger partial charge < -0.3 is 5.21 Å². The number of Topliss-reactive ketones (excluding diaryl/α,β-unsaturated/α-hetero) is 2. The predicted octanol–water partition coefficient (Wildman–Crippen LogP) is 3.20. The number of nitrogens with zero attached hydrogens (tertiary/aromatic N) is 1. The second kappa shape index (κ2) is 6.17. The highest BCUT2D eigenvalue weighted by Gasteiger charge is 2.46. The van der Waals surface area contributed by atoms with E-state index in [1.807, 2.05) is 30.3 Å². The molecule has 1 aliphatic heterocycles. The molecular formula is C19H25NO3. The van der Waals surface area contributed by atoms with Crippen LogP contribution in [0.2, 0.25) is 0 Å². The Morgan fingerprint density at radius 2 is 1.70 bits per heavy atom. The van der Waals surface area contributed by atoms with Crippen molar-refractivity contribution in [1.82, 2.24) is 5.06 Å². The van der Waals surface area contributed by atoms with Gasteiger partial charge in [0.25, 0.3) is 0 Å². The maximum Gasteiger partial charge on any atom is 0.145 e. The lowest BCUT2D eigenvalue weighted by Crippen LogP contribution is -2.53. The van der Waals surface area contributed by atoms with Crippen molar-refractivity contribution in [3.05, 3.63) is 35.9 Å². The summed E-state index contributed by atoms with van der Waals surface area (Å²) >= 11 is 0. The molecule has 1 atom stereocenters. The lowest BCUT2D eigenvalue weighted by molar-refractivity contribution is -0.182. The lowest BCUT2D eigenvalue weighted by Gasteiger charge is -2.44. The molecule has 0 radical (unpaired) electrons. The van der Waals surface area contributed by atoms with Crippen LogP contribution < -0.4 is 0 Å². The van der Waals surface area contributed by atoms with Gasteiger partial charge in [-0.15, -0.1) is 0 Å². The highest BCUT2D eigenvalue weighted by atomic mass is 16.5. The molecule has 0 spiro atoms. The zero-order valence-electron chi connectivity index (χ0n) is 13.9. The second-order valence-corrected chi connectivity index (χ2v) is 7.77. The van der Waals surface area contributed by atoms with Crippen molar-refractivity contribution in [3.8, 4) is 0 Å². The number of hydrogen-bond donors (Lipinski definition) is 1. The van der Waals surface area contributed by atoms with Gasteiger partial charge in [-0.2, -0.15) is 5.06 Å². The fourth-order valence-electron chi connectivity index (χ4n) is 4.03. The molecule has 1 saturated carbocycles. The topological polar surface area (TPSA) is 57.6 Å². The first-order chi connectivity index (χ1) is 10.9. The van der Waals surface area contributed by atoms with Gasteiger partial charge in [0.2, 0.25) is 0 Å². The first-order valence-corrected chi connectivity index (χ1v) is 8.43. The molecule has 3 rings (SSSR count). The average molecular weight is 315 g/mol. The lowest BCUT2D eigenvalue weighted by atomic mass is 9.69. The Bertz CT molecular complexity index is 578. The van der Waals surface area contributed by atoms with Gasteiger partial charge in [-0.05, 0) is 29.7 Å². The highest BCUT2D eigenvalue weighted by molar-refractivity contribution is 6.06. The maximum absolute atomic E-state index is 12.7. The zero-order chi connectivity index (χ0) is 16.6. The van der Waals surface area contributed by atoms with Crippen molar-refractivity contribution in [3.63, 3.8) is 0 Å². The standard InChI is InChI=1S/C19H25NO3/c1-19(2)8-9-20(23)15(12-19)18-16(21)10-14(11-17(18)22)13-6-4-3-5-7-13/h3-7,14-15,18,23H,8-12H2,1-2H3. The van der Waals surface area contributed by atoms with Crippen molar-refractivity contribution < 1.29 is 14.8 Å². The van der Waals surface area contributed by atoms with Gasteiger partial charge in [0.1, 0.15) is 11.6 Å². The van der Waals surface area contributed by atoms with E-state index in [1.165, 1.54) is 5.06 Å². The van der Waals surface area contributed by atoms with Gasteiger partial charge >= 0.3 is 0 Å². The van der Waals surface area contributed by atoms with E-state index in [9.17, 15) is 14.8 Å². The van der Waals surface area contributed by atoms with E-state index in [-0.39, 0.29) is 28.9 Å². The number of hydroxylamine groups is 2. The van der Waals surface area contributed by atoms with E-state index in [0.717, 1.165) is 12.0 Å². The van der Waals surface area contributed by atoms with Crippen molar-refractivity contribution in [2.24, 2.45) is 11.3 Å². The smallest absolute Gasteiger partial charge is 0.145 e. The number of carbonyl (C=O) groups is 2. The summed E-state index contributed by atoms with van der Waals surface area (Å²) in [4.78, 5) is 25.4. The molecule has 1 saturated heterocycles. The van der Waals surface area contributed by atoms with E-state index < -0.39 is 5.92 Å². The number of piperidine rings is 1. The molecule has 1 unspecified atom stereocenters. The summed E-state index contributed by atoms with van der Waals surface area (Å²) in [7, 11) is 0. The fraction of sp³-hybridized carbons (Fsp3) is 0.579. The molecule has 23 heavy (non-hydrogen) atoms. The third kappa shape index (κ3) is 3.38. The van der Waals surface area contributed by atoms with Crippen LogP contribution in [0.5, 0.6) is 0 Å². The summed E-state index contributed by atoms with van der Waals surface area (Å²) in [5, 5.41) is 11.4. The van der Waals surface area contributed by atoms with Crippen LogP contribution in [0, 0.1) is 11.3 Å². The first-order valence-electron chi connectivity index (χ1n) is 8.43. The minimum absolute atomic E-state index is 0.0168. The molecule has 1 aromatic rings. The first kappa shape index (κ1) is 16.3. The molecule has 0 amide bonds. The molecule has 1 aromatic carbocycles. The van der Waals surface area contributed by atoms with E-state index in [1.54, 1.807) is 0 Å². The Balaban J connectivity index is 1.78. The van der Waals surface area contributed by atoms with E-state index in [4.69, 9.17) is 0 Å². The Labute approximate surface area is 137 Å². The molecule has 0 bridgehead atoms. The van der Waals surface area contributed by atoms with Gasteiger partial charge in [0, 0.05) is 19.4 Å². The molecule has 2 aliphatic rings. The molecule has 0 aromatic heterocycles.